The lowest BCUT2D eigenvalue weighted by Gasteiger charge is -2.16. The van der Waals surface area contributed by atoms with E-state index < -0.39 is 5.97 Å². The number of ether oxygens (including phenoxy) is 4. The lowest BCUT2D eigenvalue weighted by atomic mass is 10.1. The van der Waals surface area contributed by atoms with E-state index in [2.05, 4.69) is 15.3 Å². The third-order valence-electron chi connectivity index (χ3n) is 4.84. The number of esters is 1. The molecule has 1 aromatic heterocycles. The second-order valence-corrected chi connectivity index (χ2v) is 7.02. The molecule has 0 spiro atoms. The number of methoxy groups -OCH3 is 3. The second kappa shape index (κ2) is 9.51. The second-order valence-electron chi connectivity index (χ2n) is 7.02. The molecule has 0 aliphatic carbocycles. The molecule has 8 nitrogen and oxygen atoms in total. The molecule has 3 aromatic rings. The van der Waals surface area contributed by atoms with Gasteiger partial charge in [-0.3, -0.25) is 0 Å². The molecule has 0 saturated carbocycles. The normalized spacial score (nSPS) is 10.6. The molecule has 0 unspecified atom stereocenters. The van der Waals surface area contributed by atoms with E-state index in [0.29, 0.717) is 47.0 Å². The topological polar surface area (TPSA) is 91.8 Å². The fraction of sp³-hybridized carbons (Fsp3) is 0.348. The van der Waals surface area contributed by atoms with Gasteiger partial charge in [-0.25, -0.2) is 14.8 Å². The number of nitrogens with one attached hydrogen (secondary N) is 1. The predicted molar refractivity (Wildman–Crippen MR) is 119 cm³/mol. The van der Waals surface area contributed by atoms with Crippen LogP contribution in [-0.2, 0) is 4.74 Å². The van der Waals surface area contributed by atoms with Crippen LogP contribution in [0.15, 0.2) is 24.3 Å². The third-order valence-corrected chi connectivity index (χ3v) is 4.84. The fourth-order valence-electron chi connectivity index (χ4n) is 3.09. The molecule has 1 heterocycles. The number of benzene rings is 2. The molecule has 0 aliphatic heterocycles. The van der Waals surface area contributed by atoms with Gasteiger partial charge in [-0.05, 0) is 43.5 Å². The van der Waals surface area contributed by atoms with Crippen molar-refractivity contribution < 1.29 is 23.7 Å². The Balaban J connectivity index is 2.13. The van der Waals surface area contributed by atoms with Gasteiger partial charge >= 0.3 is 5.97 Å². The summed E-state index contributed by atoms with van der Waals surface area (Å²) >= 11 is 0. The van der Waals surface area contributed by atoms with Crippen molar-refractivity contribution >= 4 is 28.5 Å². The van der Waals surface area contributed by atoms with Gasteiger partial charge in [0, 0.05) is 17.8 Å². The maximum Gasteiger partial charge on any atom is 0.360 e. The van der Waals surface area contributed by atoms with E-state index in [0.717, 1.165) is 11.1 Å². The zero-order chi connectivity index (χ0) is 22.5. The summed E-state index contributed by atoms with van der Waals surface area (Å²) in [4.78, 5) is 21.9. The van der Waals surface area contributed by atoms with Crippen molar-refractivity contribution in [3.05, 3.63) is 41.1 Å². The summed E-state index contributed by atoms with van der Waals surface area (Å²) in [5, 5.41) is 3.17. The van der Waals surface area contributed by atoms with Crippen LogP contribution in [0.5, 0.6) is 17.2 Å². The zero-order valence-electron chi connectivity index (χ0n) is 18.7. The van der Waals surface area contributed by atoms with Crippen molar-refractivity contribution in [3.8, 4) is 17.2 Å². The lowest BCUT2D eigenvalue weighted by Crippen LogP contribution is -2.13. The van der Waals surface area contributed by atoms with Gasteiger partial charge in [0.15, 0.2) is 23.0 Å². The molecule has 2 aromatic carbocycles. The van der Waals surface area contributed by atoms with E-state index in [1.165, 1.54) is 21.3 Å². The van der Waals surface area contributed by atoms with Crippen LogP contribution < -0.4 is 19.5 Å². The first-order chi connectivity index (χ1) is 14.9. The Bertz CT molecular complexity index is 1090. The van der Waals surface area contributed by atoms with Gasteiger partial charge in [-0.1, -0.05) is 6.92 Å². The number of rotatable bonds is 8. The summed E-state index contributed by atoms with van der Waals surface area (Å²) in [5.41, 5.74) is 4.16. The Kier molecular flexibility index (Phi) is 6.79. The number of carbonyl (C=O) groups is 1. The molecule has 0 saturated heterocycles. The number of carbonyl (C=O) groups excluding carboxylic acids is 1. The average Bonchev–Trinajstić information content (AvgIpc) is 2.77. The number of fused-ring (bicyclic) bond motifs is 1. The Morgan fingerprint density at radius 2 is 1.48 bits per heavy atom. The highest BCUT2D eigenvalue weighted by Crippen LogP contribution is 2.40. The number of nitrogens with zero attached hydrogens (tertiary/aromatic N) is 2. The molecule has 1 N–H and O–H groups in total. The van der Waals surface area contributed by atoms with E-state index >= 15 is 0 Å². The molecule has 0 aliphatic rings. The van der Waals surface area contributed by atoms with Gasteiger partial charge in [0.25, 0.3) is 0 Å². The Labute approximate surface area is 181 Å². The highest BCUT2D eigenvalue weighted by Gasteiger charge is 2.20. The van der Waals surface area contributed by atoms with Crippen LogP contribution in [0.4, 0.5) is 11.5 Å². The Hall–Kier alpha value is -3.55. The summed E-state index contributed by atoms with van der Waals surface area (Å²) < 4.78 is 21.5. The summed E-state index contributed by atoms with van der Waals surface area (Å²) in [6.45, 7) is 6.23. The Morgan fingerprint density at radius 1 is 0.903 bits per heavy atom. The molecular formula is C23H27N3O5. The van der Waals surface area contributed by atoms with Crippen molar-refractivity contribution in [2.75, 3.05) is 33.3 Å². The highest BCUT2D eigenvalue weighted by molar-refractivity contribution is 5.96. The van der Waals surface area contributed by atoms with Gasteiger partial charge < -0.3 is 24.3 Å². The first-order valence-corrected chi connectivity index (χ1v) is 9.94. The van der Waals surface area contributed by atoms with E-state index in [-0.39, 0.29) is 11.5 Å². The monoisotopic (exact) mass is 425 g/mol. The quantitative estimate of drug-likeness (QED) is 0.524. The third kappa shape index (κ3) is 4.63. The molecule has 0 radical (unpaired) electrons. The summed E-state index contributed by atoms with van der Waals surface area (Å²) in [6, 6.07) is 7.32. The smallest absolute Gasteiger partial charge is 0.360 e. The molecule has 0 bridgehead atoms. The molecule has 164 valence electrons. The predicted octanol–water partition coefficient (Wildman–Crippen LogP) is 4.58. The van der Waals surface area contributed by atoms with Crippen LogP contribution >= 0.6 is 0 Å². The molecule has 8 heteroatoms. The van der Waals surface area contributed by atoms with Crippen molar-refractivity contribution in [1.29, 1.82) is 0 Å². The first-order valence-electron chi connectivity index (χ1n) is 9.94. The minimum Gasteiger partial charge on any atom is -0.493 e. The number of hydrogen-bond donors (Lipinski definition) is 1. The maximum absolute atomic E-state index is 12.7. The van der Waals surface area contributed by atoms with Gasteiger partial charge in [-0.2, -0.15) is 0 Å². The molecule has 31 heavy (non-hydrogen) atoms. The van der Waals surface area contributed by atoms with Crippen LogP contribution in [0, 0.1) is 13.8 Å². The standard InChI is InChI=1S/C23H27N3O5/c1-7-8-31-23(27)20-22(26-17-10-14(3)13(2)9-16(17)25-20)24-15-11-18(28-4)21(30-6)19(12-15)29-5/h9-12H,7-8H2,1-6H3,(H,24,26). The van der Waals surface area contributed by atoms with Crippen LogP contribution in [0.25, 0.3) is 11.0 Å². The minimum absolute atomic E-state index is 0.109. The Morgan fingerprint density at radius 3 is 2.00 bits per heavy atom. The average molecular weight is 425 g/mol. The van der Waals surface area contributed by atoms with Crippen LogP contribution in [0.1, 0.15) is 35.0 Å². The molecule has 0 atom stereocenters. The van der Waals surface area contributed by atoms with E-state index in [9.17, 15) is 4.79 Å². The first kappa shape index (κ1) is 22.1. The molecule has 0 fully saturated rings. The van der Waals surface area contributed by atoms with E-state index in [4.69, 9.17) is 18.9 Å². The van der Waals surface area contributed by atoms with Crippen molar-refractivity contribution in [2.45, 2.75) is 27.2 Å². The SMILES string of the molecule is CCCOC(=O)c1nc2cc(C)c(C)cc2nc1Nc1cc(OC)c(OC)c(OC)c1. The van der Waals surface area contributed by atoms with Crippen LogP contribution in [0.3, 0.4) is 0 Å². The number of anilines is 2. The molecular weight excluding hydrogens is 398 g/mol. The van der Waals surface area contributed by atoms with E-state index in [1.54, 1.807) is 12.1 Å². The number of aryl methyl sites for hydroxylation is 2. The van der Waals surface area contributed by atoms with Gasteiger partial charge in [0.05, 0.1) is 39.0 Å². The van der Waals surface area contributed by atoms with E-state index in [1.807, 2.05) is 32.9 Å². The highest BCUT2D eigenvalue weighted by atomic mass is 16.5. The zero-order valence-corrected chi connectivity index (χ0v) is 18.7. The number of hydrogen-bond acceptors (Lipinski definition) is 8. The minimum atomic E-state index is -0.538. The summed E-state index contributed by atoms with van der Waals surface area (Å²) in [7, 11) is 4.61. The molecule has 3 rings (SSSR count). The van der Waals surface area contributed by atoms with Crippen LogP contribution in [0.2, 0.25) is 0 Å². The van der Waals surface area contributed by atoms with Crippen molar-refractivity contribution in [1.82, 2.24) is 9.97 Å². The summed E-state index contributed by atoms with van der Waals surface area (Å²) in [6.07, 6.45) is 0.709. The molecule has 0 amide bonds. The summed E-state index contributed by atoms with van der Waals surface area (Å²) in [5.74, 6) is 1.16. The fourth-order valence-corrected chi connectivity index (χ4v) is 3.09. The van der Waals surface area contributed by atoms with Gasteiger partial charge in [0.1, 0.15) is 0 Å². The van der Waals surface area contributed by atoms with Crippen molar-refractivity contribution in [3.63, 3.8) is 0 Å². The lowest BCUT2D eigenvalue weighted by molar-refractivity contribution is 0.0499. The van der Waals surface area contributed by atoms with Crippen molar-refractivity contribution in [2.24, 2.45) is 0 Å². The van der Waals surface area contributed by atoms with Gasteiger partial charge in [-0.15, -0.1) is 0 Å². The van der Waals surface area contributed by atoms with Gasteiger partial charge in [0.2, 0.25) is 5.75 Å². The number of aromatic nitrogens is 2. The maximum atomic E-state index is 12.7. The van der Waals surface area contributed by atoms with Crippen LogP contribution in [-0.4, -0.2) is 43.9 Å². The largest absolute Gasteiger partial charge is 0.493 e.